The predicted molar refractivity (Wildman–Crippen MR) is 110 cm³/mol. The maximum absolute atomic E-state index is 12.8. The van der Waals surface area contributed by atoms with Gasteiger partial charge in [0.15, 0.2) is 0 Å². The molecule has 148 valence electrons. The van der Waals surface area contributed by atoms with E-state index < -0.39 is 6.04 Å². The van der Waals surface area contributed by atoms with Crippen molar-refractivity contribution in [3.05, 3.63) is 54.1 Å². The van der Waals surface area contributed by atoms with Crippen LogP contribution in [-0.2, 0) is 9.53 Å². The lowest BCUT2D eigenvalue weighted by atomic mass is 10.0. The lowest BCUT2D eigenvalue weighted by molar-refractivity contribution is -0.119. The van der Waals surface area contributed by atoms with Gasteiger partial charge in [0.1, 0.15) is 6.04 Å². The molecule has 1 fully saturated rings. The molecule has 0 aromatic heterocycles. The average Bonchev–Trinajstić information content (AvgIpc) is 3.18. The average molecular weight is 381 g/mol. The molecule has 1 aliphatic rings. The number of hydrogen-bond donors (Lipinski definition) is 2. The number of aryl methyl sites for hydroxylation is 1. The molecule has 3 rings (SSSR count). The van der Waals surface area contributed by atoms with Crippen LogP contribution in [0.1, 0.15) is 18.4 Å². The molecule has 1 atom stereocenters. The summed E-state index contributed by atoms with van der Waals surface area (Å²) < 4.78 is 4.95. The Morgan fingerprint density at radius 3 is 2.64 bits per heavy atom. The number of ether oxygens (including phenoxy) is 1. The van der Waals surface area contributed by atoms with Crippen LogP contribution in [0.25, 0.3) is 11.1 Å². The summed E-state index contributed by atoms with van der Waals surface area (Å²) in [5.41, 5.74) is 4.07. The highest BCUT2D eigenvalue weighted by Gasteiger charge is 2.34. The van der Waals surface area contributed by atoms with E-state index in [0.29, 0.717) is 26.1 Å². The number of urea groups is 1. The Balaban J connectivity index is 1.67. The Morgan fingerprint density at radius 1 is 1.14 bits per heavy atom. The molecule has 28 heavy (non-hydrogen) atoms. The van der Waals surface area contributed by atoms with Crippen LogP contribution in [0.5, 0.6) is 0 Å². The van der Waals surface area contributed by atoms with E-state index in [-0.39, 0.29) is 11.9 Å². The Bertz CT molecular complexity index is 837. The molecule has 3 amide bonds. The van der Waals surface area contributed by atoms with Crippen molar-refractivity contribution < 1.29 is 14.3 Å². The first-order valence-electron chi connectivity index (χ1n) is 9.60. The van der Waals surface area contributed by atoms with Crippen molar-refractivity contribution in [3.8, 4) is 11.1 Å². The number of rotatable bonds is 6. The monoisotopic (exact) mass is 381 g/mol. The zero-order chi connectivity index (χ0) is 19.9. The highest BCUT2D eigenvalue weighted by atomic mass is 16.5. The number of amides is 3. The van der Waals surface area contributed by atoms with Gasteiger partial charge >= 0.3 is 6.03 Å². The Kier molecular flexibility index (Phi) is 6.66. The number of carbonyl (C=O) groups is 2. The highest BCUT2D eigenvalue weighted by molar-refractivity contribution is 5.97. The third-order valence-corrected chi connectivity index (χ3v) is 4.88. The van der Waals surface area contributed by atoms with Crippen LogP contribution < -0.4 is 10.6 Å². The normalized spacial score (nSPS) is 16.1. The molecular weight excluding hydrogens is 354 g/mol. The summed E-state index contributed by atoms with van der Waals surface area (Å²) in [6.07, 6.45) is 1.49. The minimum absolute atomic E-state index is 0.152. The maximum Gasteiger partial charge on any atom is 0.318 e. The second kappa shape index (κ2) is 9.37. The van der Waals surface area contributed by atoms with Crippen LogP contribution >= 0.6 is 0 Å². The van der Waals surface area contributed by atoms with Crippen LogP contribution in [-0.4, -0.2) is 49.7 Å². The molecule has 0 aliphatic carbocycles. The summed E-state index contributed by atoms with van der Waals surface area (Å²) in [5.74, 6) is -0.152. The van der Waals surface area contributed by atoms with Crippen molar-refractivity contribution in [2.24, 2.45) is 0 Å². The van der Waals surface area contributed by atoms with Crippen LogP contribution in [0.3, 0.4) is 0 Å². The summed E-state index contributed by atoms with van der Waals surface area (Å²) in [6, 6.07) is 15.4. The number of hydrogen-bond acceptors (Lipinski definition) is 3. The topological polar surface area (TPSA) is 70.7 Å². The number of nitrogens with one attached hydrogen (secondary N) is 2. The summed E-state index contributed by atoms with van der Waals surface area (Å²) in [5, 5.41) is 5.77. The predicted octanol–water partition coefficient (Wildman–Crippen LogP) is 3.42. The molecule has 1 aliphatic heterocycles. The zero-order valence-corrected chi connectivity index (χ0v) is 16.4. The minimum Gasteiger partial charge on any atom is -0.383 e. The molecule has 0 bridgehead atoms. The Labute approximate surface area is 165 Å². The molecule has 2 N–H and O–H groups in total. The van der Waals surface area contributed by atoms with Crippen molar-refractivity contribution in [2.45, 2.75) is 25.8 Å². The third-order valence-electron chi connectivity index (χ3n) is 4.88. The van der Waals surface area contributed by atoms with Crippen LogP contribution in [0, 0.1) is 6.92 Å². The molecular formula is C22H27N3O3. The van der Waals surface area contributed by atoms with Gasteiger partial charge in [0.25, 0.3) is 0 Å². The van der Waals surface area contributed by atoms with Gasteiger partial charge in [-0.25, -0.2) is 4.79 Å². The largest absolute Gasteiger partial charge is 0.383 e. The number of anilines is 1. The summed E-state index contributed by atoms with van der Waals surface area (Å²) in [4.78, 5) is 26.7. The van der Waals surface area contributed by atoms with E-state index in [9.17, 15) is 9.59 Å². The van der Waals surface area contributed by atoms with Crippen molar-refractivity contribution in [3.63, 3.8) is 0 Å². The molecule has 1 heterocycles. The van der Waals surface area contributed by atoms with E-state index in [2.05, 4.69) is 35.8 Å². The third kappa shape index (κ3) is 4.89. The lowest BCUT2D eigenvalue weighted by Gasteiger charge is -2.24. The summed E-state index contributed by atoms with van der Waals surface area (Å²) >= 11 is 0. The van der Waals surface area contributed by atoms with Gasteiger partial charge in [-0.2, -0.15) is 0 Å². The number of methoxy groups -OCH3 is 1. The summed E-state index contributed by atoms with van der Waals surface area (Å²) in [6.45, 7) is 3.52. The number of nitrogens with zero attached hydrogens (tertiary/aromatic N) is 1. The SMILES string of the molecule is COCCNC(=O)N1CCCC1C(=O)Nc1cccc(-c2cccc(C)c2)c1. The quantitative estimate of drug-likeness (QED) is 0.753. The van der Waals surface area contributed by atoms with Crippen molar-refractivity contribution in [2.75, 3.05) is 32.1 Å². The van der Waals surface area contributed by atoms with Crippen molar-refractivity contribution in [1.82, 2.24) is 10.2 Å². The van der Waals surface area contributed by atoms with Gasteiger partial charge in [-0.15, -0.1) is 0 Å². The van der Waals surface area contributed by atoms with E-state index in [1.807, 2.05) is 30.3 Å². The molecule has 0 spiro atoms. The van der Waals surface area contributed by atoms with Crippen LogP contribution in [0.15, 0.2) is 48.5 Å². The smallest absolute Gasteiger partial charge is 0.318 e. The number of benzene rings is 2. The first kappa shape index (κ1) is 19.9. The Hall–Kier alpha value is -2.86. The van der Waals surface area contributed by atoms with E-state index in [4.69, 9.17) is 4.74 Å². The number of carbonyl (C=O) groups excluding carboxylic acids is 2. The van der Waals surface area contributed by atoms with E-state index in [1.165, 1.54) is 5.56 Å². The molecule has 2 aromatic carbocycles. The van der Waals surface area contributed by atoms with Gasteiger partial charge in [0.05, 0.1) is 6.61 Å². The van der Waals surface area contributed by atoms with Crippen molar-refractivity contribution in [1.29, 1.82) is 0 Å². The van der Waals surface area contributed by atoms with Crippen molar-refractivity contribution >= 4 is 17.6 Å². The Morgan fingerprint density at radius 2 is 1.89 bits per heavy atom. The van der Waals surface area contributed by atoms with Gasteiger partial charge < -0.3 is 20.3 Å². The standard InChI is InChI=1S/C22H27N3O3/c1-16-6-3-7-17(14-16)18-8-4-9-19(15-18)24-21(26)20-10-5-12-25(20)22(27)23-11-13-28-2/h3-4,6-9,14-15,20H,5,10-13H2,1-2H3,(H,23,27)(H,24,26). The minimum atomic E-state index is -0.454. The molecule has 6 heteroatoms. The van der Waals surface area contributed by atoms with Gasteiger partial charge in [0.2, 0.25) is 5.91 Å². The van der Waals surface area contributed by atoms with E-state index in [1.54, 1.807) is 12.0 Å². The second-order valence-electron chi connectivity index (χ2n) is 7.02. The van der Waals surface area contributed by atoms with Gasteiger partial charge in [-0.3, -0.25) is 4.79 Å². The van der Waals surface area contributed by atoms with Crippen LogP contribution in [0.2, 0.25) is 0 Å². The molecule has 1 unspecified atom stereocenters. The fourth-order valence-electron chi connectivity index (χ4n) is 3.47. The summed E-state index contributed by atoms with van der Waals surface area (Å²) in [7, 11) is 1.59. The highest BCUT2D eigenvalue weighted by Crippen LogP contribution is 2.25. The zero-order valence-electron chi connectivity index (χ0n) is 16.4. The molecule has 0 saturated carbocycles. The number of likely N-dealkylation sites (tertiary alicyclic amines) is 1. The molecule has 0 radical (unpaired) electrons. The molecule has 6 nitrogen and oxygen atoms in total. The van der Waals surface area contributed by atoms with E-state index in [0.717, 1.165) is 23.2 Å². The maximum atomic E-state index is 12.8. The second-order valence-corrected chi connectivity index (χ2v) is 7.02. The van der Waals surface area contributed by atoms with Gasteiger partial charge in [0, 0.05) is 25.9 Å². The molecule has 2 aromatic rings. The van der Waals surface area contributed by atoms with Crippen LogP contribution in [0.4, 0.5) is 10.5 Å². The van der Waals surface area contributed by atoms with Gasteiger partial charge in [-0.1, -0.05) is 42.0 Å². The fourth-order valence-corrected chi connectivity index (χ4v) is 3.47. The molecule has 1 saturated heterocycles. The fraction of sp³-hybridized carbons (Fsp3) is 0.364. The lowest BCUT2D eigenvalue weighted by Crippen LogP contribution is -2.48. The van der Waals surface area contributed by atoms with E-state index >= 15 is 0 Å². The first-order valence-corrected chi connectivity index (χ1v) is 9.60. The van der Waals surface area contributed by atoms with Gasteiger partial charge in [-0.05, 0) is 43.0 Å². The first-order chi connectivity index (χ1) is 13.6.